The van der Waals surface area contributed by atoms with E-state index in [1.54, 1.807) is 0 Å². The molecule has 0 spiro atoms. The van der Waals surface area contributed by atoms with E-state index in [1.165, 1.54) is 21.9 Å². The van der Waals surface area contributed by atoms with E-state index in [9.17, 15) is 0 Å². The van der Waals surface area contributed by atoms with Crippen LogP contribution in [-0.2, 0) is 0 Å². The molecule has 0 saturated carbocycles. The molecule has 9 aromatic carbocycles. The Kier molecular flexibility index (Phi) is 7.17. The van der Waals surface area contributed by atoms with Gasteiger partial charge in [-0.25, -0.2) is 0 Å². The third-order valence-corrected chi connectivity index (χ3v) is 10.9. The summed E-state index contributed by atoms with van der Waals surface area (Å²) in [6.07, 6.45) is 0. The van der Waals surface area contributed by atoms with Crippen LogP contribution in [0.15, 0.2) is 209 Å². The fraction of sp³-hybridized carbons (Fsp3) is 0. The number of fused-ring (bicyclic) bond motifs is 7. The monoisotopic (exact) mass is 703 g/mol. The lowest BCUT2D eigenvalue weighted by molar-refractivity contribution is 0.668. The SMILES string of the molecule is c1cc(-c2ccc3ccccc3c2)cc(N(c2ccc(-c3ccc4oc5ccccc5c4c3)cc2)c2ccc(-c3cccc4oc5ccccc5c34)cc2)c1. The van der Waals surface area contributed by atoms with E-state index in [-0.39, 0.29) is 0 Å². The molecule has 0 aliphatic carbocycles. The molecule has 258 valence electrons. The van der Waals surface area contributed by atoms with Gasteiger partial charge in [0.15, 0.2) is 0 Å². The number of anilines is 3. The number of hydrogen-bond acceptors (Lipinski definition) is 3. The summed E-state index contributed by atoms with van der Waals surface area (Å²) in [5.41, 5.74) is 13.8. The summed E-state index contributed by atoms with van der Waals surface area (Å²) in [5.74, 6) is 0. The summed E-state index contributed by atoms with van der Waals surface area (Å²) in [5, 5.41) is 7.00. The first-order valence-electron chi connectivity index (χ1n) is 18.7. The largest absolute Gasteiger partial charge is 0.456 e. The van der Waals surface area contributed by atoms with Crippen LogP contribution in [0.4, 0.5) is 17.1 Å². The van der Waals surface area contributed by atoms with Gasteiger partial charge in [0.25, 0.3) is 0 Å². The van der Waals surface area contributed by atoms with E-state index in [1.807, 2.05) is 24.3 Å². The van der Waals surface area contributed by atoms with Crippen molar-refractivity contribution in [3.05, 3.63) is 200 Å². The summed E-state index contributed by atoms with van der Waals surface area (Å²) in [6.45, 7) is 0. The highest BCUT2D eigenvalue weighted by Crippen LogP contribution is 2.41. The fourth-order valence-corrected chi connectivity index (χ4v) is 8.15. The first kappa shape index (κ1) is 31.2. The van der Waals surface area contributed by atoms with E-state index < -0.39 is 0 Å². The van der Waals surface area contributed by atoms with Gasteiger partial charge in [-0.1, -0.05) is 127 Å². The molecule has 2 heterocycles. The van der Waals surface area contributed by atoms with Crippen molar-refractivity contribution >= 4 is 71.7 Å². The summed E-state index contributed by atoms with van der Waals surface area (Å²) in [7, 11) is 0. The van der Waals surface area contributed by atoms with Crippen LogP contribution in [0.5, 0.6) is 0 Å². The highest BCUT2D eigenvalue weighted by atomic mass is 16.3. The van der Waals surface area contributed by atoms with Crippen LogP contribution < -0.4 is 4.90 Å². The molecule has 3 nitrogen and oxygen atoms in total. The van der Waals surface area contributed by atoms with Crippen molar-refractivity contribution in [2.75, 3.05) is 4.90 Å². The topological polar surface area (TPSA) is 29.5 Å². The van der Waals surface area contributed by atoms with Crippen LogP contribution >= 0.6 is 0 Å². The molecule has 0 bridgehead atoms. The van der Waals surface area contributed by atoms with E-state index in [0.717, 1.165) is 83.2 Å². The quantitative estimate of drug-likeness (QED) is 0.173. The molecule has 0 unspecified atom stereocenters. The maximum atomic E-state index is 6.23. The van der Waals surface area contributed by atoms with Gasteiger partial charge in [0.1, 0.15) is 22.3 Å². The Balaban J connectivity index is 1.01. The lowest BCUT2D eigenvalue weighted by atomic mass is 9.98. The molecule has 0 fully saturated rings. The molecule has 0 aliphatic heterocycles. The van der Waals surface area contributed by atoms with Crippen molar-refractivity contribution < 1.29 is 8.83 Å². The Bertz CT molecular complexity index is 3200. The Morgan fingerprint density at radius 1 is 0.291 bits per heavy atom. The van der Waals surface area contributed by atoms with E-state index in [0.29, 0.717) is 0 Å². The molecule has 3 heteroatoms. The molecule has 0 atom stereocenters. The molecular weight excluding hydrogens is 671 g/mol. The van der Waals surface area contributed by atoms with Crippen molar-refractivity contribution in [2.45, 2.75) is 0 Å². The van der Waals surface area contributed by atoms with Crippen molar-refractivity contribution in [3.8, 4) is 33.4 Å². The molecule has 55 heavy (non-hydrogen) atoms. The highest BCUT2D eigenvalue weighted by molar-refractivity contribution is 6.12. The van der Waals surface area contributed by atoms with Crippen molar-refractivity contribution in [3.63, 3.8) is 0 Å². The van der Waals surface area contributed by atoms with Crippen molar-refractivity contribution in [2.24, 2.45) is 0 Å². The van der Waals surface area contributed by atoms with Crippen molar-refractivity contribution in [1.29, 1.82) is 0 Å². The third kappa shape index (κ3) is 5.36. The van der Waals surface area contributed by atoms with Crippen LogP contribution in [0.25, 0.3) is 88.0 Å². The number of benzene rings is 9. The smallest absolute Gasteiger partial charge is 0.136 e. The standard InChI is InChI=1S/C52H33NO2/c1-2-10-37-31-39(20-19-34(37)9-1)38-11-7-12-43(32-38)53(41-26-21-35(22-27-41)40-25-30-50-47(33-40)45-13-3-5-16-48(45)54-50)42-28-23-36(24-29-42)44-15-8-18-51-52(44)46-14-4-6-17-49(46)55-51/h1-33H. The summed E-state index contributed by atoms with van der Waals surface area (Å²) >= 11 is 0. The number of rotatable bonds is 6. The third-order valence-electron chi connectivity index (χ3n) is 10.9. The number of para-hydroxylation sites is 2. The van der Waals surface area contributed by atoms with E-state index in [4.69, 9.17) is 8.83 Å². The molecule has 0 aliphatic rings. The lowest BCUT2D eigenvalue weighted by Crippen LogP contribution is -2.10. The van der Waals surface area contributed by atoms with Gasteiger partial charge in [0.05, 0.1) is 0 Å². The minimum absolute atomic E-state index is 0.898. The molecular formula is C52H33NO2. The molecule has 2 aromatic heterocycles. The average molecular weight is 704 g/mol. The minimum Gasteiger partial charge on any atom is -0.456 e. The van der Waals surface area contributed by atoms with Gasteiger partial charge in [0, 0.05) is 38.6 Å². The zero-order chi connectivity index (χ0) is 36.3. The molecule has 0 radical (unpaired) electrons. The minimum atomic E-state index is 0.898. The number of furan rings is 2. The molecule has 11 aromatic rings. The maximum Gasteiger partial charge on any atom is 0.136 e. The Morgan fingerprint density at radius 3 is 1.67 bits per heavy atom. The Labute approximate surface area is 317 Å². The van der Waals surface area contributed by atoms with Crippen LogP contribution in [0.3, 0.4) is 0 Å². The van der Waals surface area contributed by atoms with E-state index in [2.05, 4.69) is 181 Å². The van der Waals surface area contributed by atoms with Gasteiger partial charge in [-0.2, -0.15) is 0 Å². The van der Waals surface area contributed by atoms with Gasteiger partial charge in [-0.3, -0.25) is 0 Å². The van der Waals surface area contributed by atoms with Crippen LogP contribution in [0.2, 0.25) is 0 Å². The second-order valence-electron chi connectivity index (χ2n) is 14.1. The Hall–Kier alpha value is -7.36. The normalized spacial score (nSPS) is 11.6. The van der Waals surface area contributed by atoms with E-state index >= 15 is 0 Å². The Morgan fingerprint density at radius 2 is 0.855 bits per heavy atom. The zero-order valence-corrected chi connectivity index (χ0v) is 29.8. The first-order chi connectivity index (χ1) is 27.2. The highest BCUT2D eigenvalue weighted by Gasteiger charge is 2.17. The van der Waals surface area contributed by atoms with Gasteiger partial charge < -0.3 is 13.7 Å². The second-order valence-corrected chi connectivity index (χ2v) is 14.1. The zero-order valence-electron chi connectivity index (χ0n) is 29.8. The molecule has 11 rings (SSSR count). The maximum absolute atomic E-state index is 6.23. The van der Waals surface area contributed by atoms with Crippen LogP contribution in [0, 0.1) is 0 Å². The van der Waals surface area contributed by atoms with Crippen LogP contribution in [0.1, 0.15) is 0 Å². The molecule has 0 amide bonds. The number of nitrogens with zero attached hydrogens (tertiary/aromatic N) is 1. The second kappa shape index (κ2) is 12.6. The summed E-state index contributed by atoms with van der Waals surface area (Å²) in [6, 6.07) is 71.2. The van der Waals surface area contributed by atoms with Crippen LogP contribution in [-0.4, -0.2) is 0 Å². The number of hydrogen-bond donors (Lipinski definition) is 0. The summed E-state index contributed by atoms with van der Waals surface area (Å²) in [4.78, 5) is 2.35. The van der Waals surface area contributed by atoms with Gasteiger partial charge in [-0.05, 0) is 117 Å². The first-order valence-corrected chi connectivity index (χ1v) is 18.7. The fourth-order valence-electron chi connectivity index (χ4n) is 8.15. The lowest BCUT2D eigenvalue weighted by Gasteiger charge is -2.26. The average Bonchev–Trinajstić information content (AvgIpc) is 3.83. The molecule has 0 N–H and O–H groups in total. The molecule has 0 saturated heterocycles. The van der Waals surface area contributed by atoms with Gasteiger partial charge >= 0.3 is 0 Å². The summed E-state index contributed by atoms with van der Waals surface area (Å²) < 4.78 is 12.3. The predicted molar refractivity (Wildman–Crippen MR) is 229 cm³/mol. The van der Waals surface area contributed by atoms with Crippen molar-refractivity contribution in [1.82, 2.24) is 0 Å². The van der Waals surface area contributed by atoms with Gasteiger partial charge in [0.2, 0.25) is 0 Å². The predicted octanol–water partition coefficient (Wildman–Crippen LogP) is 15.1. The van der Waals surface area contributed by atoms with Gasteiger partial charge in [-0.15, -0.1) is 0 Å².